The number of benzene rings is 1. The summed E-state index contributed by atoms with van der Waals surface area (Å²) in [6.45, 7) is 6.50. The number of anilines is 1. The maximum atomic E-state index is 8.63. The fourth-order valence-corrected chi connectivity index (χ4v) is 1.81. The minimum absolute atomic E-state index is 0.0838. The molecule has 2 nitrogen and oxygen atoms in total. The van der Waals surface area contributed by atoms with Gasteiger partial charge in [-0.2, -0.15) is 0 Å². The Morgan fingerprint density at radius 2 is 1.65 bits per heavy atom. The molecular formula is C15H21NO. The Kier molecular flexibility index (Phi) is 6.21. The molecule has 0 aliphatic heterocycles. The van der Waals surface area contributed by atoms with Crippen LogP contribution in [-0.2, 0) is 0 Å². The van der Waals surface area contributed by atoms with E-state index in [9.17, 15) is 0 Å². The second kappa shape index (κ2) is 7.76. The number of nitrogens with zero attached hydrogens (tertiary/aromatic N) is 1. The molecule has 1 aromatic rings. The zero-order chi connectivity index (χ0) is 12.5. The predicted molar refractivity (Wildman–Crippen MR) is 73.2 cm³/mol. The first-order valence-corrected chi connectivity index (χ1v) is 6.26. The lowest BCUT2D eigenvalue weighted by Crippen LogP contribution is -2.24. The normalized spacial score (nSPS) is 9.59. The van der Waals surface area contributed by atoms with E-state index in [-0.39, 0.29) is 6.61 Å². The van der Waals surface area contributed by atoms with Gasteiger partial charge in [-0.15, -0.1) is 0 Å². The van der Waals surface area contributed by atoms with E-state index < -0.39 is 0 Å². The quantitative estimate of drug-likeness (QED) is 0.788. The average molecular weight is 231 g/mol. The van der Waals surface area contributed by atoms with E-state index in [1.165, 1.54) is 5.69 Å². The van der Waals surface area contributed by atoms with Crippen molar-refractivity contribution in [3.8, 4) is 11.8 Å². The molecule has 0 unspecified atom stereocenters. The second-order valence-electron chi connectivity index (χ2n) is 3.99. The van der Waals surface area contributed by atoms with Gasteiger partial charge < -0.3 is 10.0 Å². The van der Waals surface area contributed by atoms with Gasteiger partial charge in [-0.1, -0.05) is 25.7 Å². The first kappa shape index (κ1) is 13.6. The number of aliphatic hydroxyl groups is 1. The maximum absolute atomic E-state index is 8.63. The Labute approximate surface area is 104 Å². The molecule has 0 amide bonds. The number of hydrogen-bond acceptors (Lipinski definition) is 2. The molecule has 0 aliphatic rings. The third-order valence-corrected chi connectivity index (χ3v) is 2.53. The summed E-state index contributed by atoms with van der Waals surface area (Å²) in [5, 5.41) is 8.63. The van der Waals surface area contributed by atoms with Gasteiger partial charge in [-0.3, -0.25) is 0 Å². The van der Waals surface area contributed by atoms with Crippen molar-refractivity contribution in [2.75, 3.05) is 24.6 Å². The first-order chi connectivity index (χ1) is 8.31. The summed E-state index contributed by atoms with van der Waals surface area (Å²) in [5.41, 5.74) is 2.21. The Hall–Kier alpha value is -1.46. The van der Waals surface area contributed by atoms with Crippen LogP contribution in [0.3, 0.4) is 0 Å². The molecule has 0 saturated carbocycles. The molecule has 0 atom stereocenters. The lowest BCUT2D eigenvalue weighted by molar-refractivity contribution is 0.350. The van der Waals surface area contributed by atoms with Gasteiger partial charge in [0, 0.05) is 24.3 Å². The molecule has 0 spiro atoms. The maximum Gasteiger partial charge on any atom is 0.104 e. The summed E-state index contributed by atoms with van der Waals surface area (Å²) in [5.74, 6) is 5.56. The largest absolute Gasteiger partial charge is 0.384 e. The highest BCUT2D eigenvalue weighted by molar-refractivity contribution is 5.50. The van der Waals surface area contributed by atoms with Crippen LogP contribution in [0.2, 0.25) is 0 Å². The van der Waals surface area contributed by atoms with Gasteiger partial charge in [-0.05, 0) is 37.1 Å². The fourth-order valence-electron chi connectivity index (χ4n) is 1.81. The highest BCUT2D eigenvalue weighted by Crippen LogP contribution is 2.15. The third kappa shape index (κ3) is 4.50. The number of aliphatic hydroxyl groups excluding tert-OH is 1. The van der Waals surface area contributed by atoms with E-state index in [2.05, 4.69) is 42.7 Å². The smallest absolute Gasteiger partial charge is 0.104 e. The van der Waals surface area contributed by atoms with Gasteiger partial charge in [0.1, 0.15) is 6.61 Å². The summed E-state index contributed by atoms with van der Waals surface area (Å²) in [7, 11) is 0. The van der Waals surface area contributed by atoms with Crippen LogP contribution in [0.1, 0.15) is 32.3 Å². The fraction of sp³-hybridized carbons (Fsp3) is 0.467. The molecule has 0 fully saturated rings. The van der Waals surface area contributed by atoms with Crippen LogP contribution >= 0.6 is 0 Å². The summed E-state index contributed by atoms with van der Waals surface area (Å²) in [4.78, 5) is 2.39. The third-order valence-electron chi connectivity index (χ3n) is 2.53. The van der Waals surface area contributed by atoms with Crippen molar-refractivity contribution in [1.29, 1.82) is 0 Å². The molecule has 1 N–H and O–H groups in total. The molecule has 1 aromatic carbocycles. The van der Waals surface area contributed by atoms with E-state index in [4.69, 9.17) is 5.11 Å². The molecule has 2 heteroatoms. The van der Waals surface area contributed by atoms with Crippen LogP contribution in [0.15, 0.2) is 24.3 Å². The molecule has 0 aromatic heterocycles. The van der Waals surface area contributed by atoms with Crippen LogP contribution < -0.4 is 4.90 Å². The van der Waals surface area contributed by atoms with Gasteiger partial charge in [0.2, 0.25) is 0 Å². The van der Waals surface area contributed by atoms with Crippen molar-refractivity contribution in [1.82, 2.24) is 0 Å². The molecule has 0 saturated heterocycles. The topological polar surface area (TPSA) is 23.5 Å². The van der Waals surface area contributed by atoms with Crippen LogP contribution in [0.25, 0.3) is 0 Å². The average Bonchev–Trinajstić information content (AvgIpc) is 2.37. The van der Waals surface area contributed by atoms with E-state index >= 15 is 0 Å². The lowest BCUT2D eigenvalue weighted by atomic mass is 10.2. The zero-order valence-electron chi connectivity index (χ0n) is 10.7. The van der Waals surface area contributed by atoms with Crippen molar-refractivity contribution in [2.24, 2.45) is 0 Å². The summed E-state index contributed by atoms with van der Waals surface area (Å²) in [6.07, 6.45) is 2.32. The van der Waals surface area contributed by atoms with Crippen LogP contribution in [-0.4, -0.2) is 24.8 Å². The van der Waals surface area contributed by atoms with Crippen LogP contribution in [0, 0.1) is 11.8 Å². The minimum Gasteiger partial charge on any atom is -0.384 e. The van der Waals surface area contributed by atoms with Crippen molar-refractivity contribution in [3.63, 3.8) is 0 Å². The summed E-state index contributed by atoms with van der Waals surface area (Å²) < 4.78 is 0. The highest BCUT2D eigenvalue weighted by Gasteiger charge is 2.03. The van der Waals surface area contributed by atoms with Crippen molar-refractivity contribution in [2.45, 2.75) is 26.7 Å². The molecule has 0 bridgehead atoms. The lowest BCUT2D eigenvalue weighted by Gasteiger charge is -2.23. The Bertz CT molecular complexity index is 366. The highest BCUT2D eigenvalue weighted by atomic mass is 16.2. The van der Waals surface area contributed by atoms with E-state index in [0.717, 1.165) is 31.5 Å². The van der Waals surface area contributed by atoms with Crippen molar-refractivity contribution >= 4 is 5.69 Å². The Morgan fingerprint density at radius 3 is 2.12 bits per heavy atom. The molecule has 0 radical (unpaired) electrons. The van der Waals surface area contributed by atoms with Gasteiger partial charge in [0.25, 0.3) is 0 Å². The Morgan fingerprint density at radius 1 is 1.06 bits per heavy atom. The monoisotopic (exact) mass is 231 g/mol. The standard InChI is InChI=1S/C15H21NO/c1-3-11-16(12-4-2)15-9-7-14(8-10-15)6-5-13-17/h7-10,17H,3-4,11-13H2,1-2H3. The minimum atomic E-state index is -0.0838. The Balaban J connectivity index is 2.76. The zero-order valence-corrected chi connectivity index (χ0v) is 10.7. The van der Waals surface area contributed by atoms with Gasteiger partial charge >= 0.3 is 0 Å². The molecule has 92 valence electrons. The van der Waals surface area contributed by atoms with Gasteiger partial charge in [0.15, 0.2) is 0 Å². The first-order valence-electron chi connectivity index (χ1n) is 6.26. The van der Waals surface area contributed by atoms with E-state index in [1.807, 2.05) is 12.1 Å². The van der Waals surface area contributed by atoms with Crippen LogP contribution in [0.4, 0.5) is 5.69 Å². The molecule has 17 heavy (non-hydrogen) atoms. The SMILES string of the molecule is CCCN(CCC)c1ccc(C#CCO)cc1. The summed E-state index contributed by atoms with van der Waals surface area (Å²) >= 11 is 0. The van der Waals surface area contributed by atoms with Crippen molar-refractivity contribution in [3.05, 3.63) is 29.8 Å². The van der Waals surface area contributed by atoms with E-state index in [1.54, 1.807) is 0 Å². The molecule has 1 rings (SSSR count). The predicted octanol–water partition coefficient (Wildman–Crippen LogP) is 2.66. The summed E-state index contributed by atoms with van der Waals surface area (Å²) in [6, 6.07) is 8.23. The van der Waals surface area contributed by atoms with Gasteiger partial charge in [-0.25, -0.2) is 0 Å². The second-order valence-corrected chi connectivity index (χ2v) is 3.99. The molecular weight excluding hydrogens is 210 g/mol. The number of hydrogen-bond donors (Lipinski definition) is 1. The number of rotatable bonds is 5. The van der Waals surface area contributed by atoms with Gasteiger partial charge in [0.05, 0.1) is 0 Å². The molecule has 0 aliphatic carbocycles. The van der Waals surface area contributed by atoms with E-state index in [0.29, 0.717) is 0 Å². The van der Waals surface area contributed by atoms with Crippen LogP contribution in [0.5, 0.6) is 0 Å². The molecule has 0 heterocycles. The van der Waals surface area contributed by atoms with Crippen molar-refractivity contribution < 1.29 is 5.11 Å².